The molecule has 2 aromatic carbocycles. The summed E-state index contributed by atoms with van der Waals surface area (Å²) < 4.78 is 1.74. The van der Waals surface area contributed by atoms with Crippen LogP contribution in [0.1, 0.15) is 21.7 Å². The second-order valence-electron chi connectivity index (χ2n) is 6.18. The number of urea groups is 1. The third-order valence-corrected chi connectivity index (χ3v) is 4.73. The summed E-state index contributed by atoms with van der Waals surface area (Å²) in [6, 6.07) is 13.7. The largest absolute Gasteiger partial charge is 0.341 e. The first-order valence-corrected chi connectivity index (χ1v) is 8.99. The lowest BCUT2D eigenvalue weighted by molar-refractivity contribution is 0.102. The molecular weight excluding hydrogens is 378 g/mol. The van der Waals surface area contributed by atoms with Gasteiger partial charge in [0.15, 0.2) is 0 Å². The molecule has 144 valence electrons. The van der Waals surface area contributed by atoms with E-state index >= 15 is 0 Å². The van der Waals surface area contributed by atoms with Gasteiger partial charge in [-0.25, -0.2) is 9.48 Å². The number of halogens is 1. The van der Waals surface area contributed by atoms with Crippen LogP contribution in [0.25, 0.3) is 5.69 Å². The third kappa shape index (κ3) is 4.15. The minimum atomic E-state index is -0.330. The second-order valence-corrected chi connectivity index (χ2v) is 6.56. The zero-order chi connectivity index (χ0) is 20.3. The Morgan fingerprint density at radius 2 is 1.64 bits per heavy atom. The number of hydrogen-bond donors (Lipinski definition) is 3. The fourth-order valence-corrected chi connectivity index (χ4v) is 2.82. The van der Waals surface area contributed by atoms with Crippen LogP contribution < -0.4 is 16.0 Å². The number of carbonyl (C=O) groups is 2. The average molecular weight is 398 g/mol. The Hall–Kier alpha value is -3.32. The summed E-state index contributed by atoms with van der Waals surface area (Å²) >= 11 is 6.20. The number of anilines is 2. The Balaban J connectivity index is 1.74. The summed E-state index contributed by atoms with van der Waals surface area (Å²) in [4.78, 5) is 23.9. The molecular formula is C20H20ClN5O2. The summed E-state index contributed by atoms with van der Waals surface area (Å²) in [5, 5.41) is 13.0. The molecule has 1 aromatic heterocycles. The molecule has 0 saturated heterocycles. The molecule has 0 aliphatic carbocycles. The molecule has 0 unspecified atom stereocenters. The van der Waals surface area contributed by atoms with Crippen LogP contribution in [0.3, 0.4) is 0 Å². The number of nitrogens with one attached hydrogen (secondary N) is 3. The SMILES string of the molecule is CNC(=O)Nc1cccc(NC(=O)c2ccc(-n3nc(C)c(Cl)c3C)cc2)c1. The fraction of sp³-hybridized carbons (Fsp3) is 0.150. The molecule has 0 aliphatic heterocycles. The Morgan fingerprint density at radius 3 is 2.21 bits per heavy atom. The quantitative estimate of drug-likeness (QED) is 0.618. The first-order chi connectivity index (χ1) is 13.4. The van der Waals surface area contributed by atoms with Gasteiger partial charge >= 0.3 is 6.03 Å². The van der Waals surface area contributed by atoms with Crippen LogP contribution in [0.4, 0.5) is 16.2 Å². The molecule has 8 heteroatoms. The van der Waals surface area contributed by atoms with Crippen molar-refractivity contribution < 1.29 is 9.59 Å². The predicted molar refractivity (Wildman–Crippen MR) is 111 cm³/mol. The molecule has 3 rings (SSSR count). The van der Waals surface area contributed by atoms with Gasteiger partial charge in [-0.1, -0.05) is 17.7 Å². The Morgan fingerprint density at radius 1 is 1.00 bits per heavy atom. The van der Waals surface area contributed by atoms with Crippen molar-refractivity contribution in [2.75, 3.05) is 17.7 Å². The lowest BCUT2D eigenvalue weighted by Crippen LogP contribution is -2.24. The standard InChI is InChI=1S/C20H20ClN5O2/c1-12-18(21)13(2)26(25-12)17-9-7-14(8-10-17)19(27)23-15-5-4-6-16(11-15)24-20(28)22-3/h4-11H,1-3H3,(H,23,27)(H2,22,24,28). The first kappa shape index (κ1) is 19.4. The van der Waals surface area contributed by atoms with E-state index in [-0.39, 0.29) is 11.9 Å². The molecule has 28 heavy (non-hydrogen) atoms. The van der Waals surface area contributed by atoms with E-state index in [1.54, 1.807) is 41.1 Å². The van der Waals surface area contributed by atoms with Gasteiger partial charge in [-0.3, -0.25) is 4.79 Å². The maximum Gasteiger partial charge on any atom is 0.318 e. The molecule has 1 heterocycles. The minimum absolute atomic E-state index is 0.255. The van der Waals surface area contributed by atoms with Gasteiger partial charge in [0.05, 0.1) is 22.1 Å². The van der Waals surface area contributed by atoms with Crippen LogP contribution >= 0.6 is 11.6 Å². The highest BCUT2D eigenvalue weighted by molar-refractivity contribution is 6.31. The number of aromatic nitrogens is 2. The molecule has 0 bridgehead atoms. The molecule has 3 aromatic rings. The van der Waals surface area contributed by atoms with E-state index in [4.69, 9.17) is 11.6 Å². The van der Waals surface area contributed by atoms with Crippen LogP contribution in [-0.4, -0.2) is 28.8 Å². The molecule has 0 saturated carbocycles. The number of amides is 3. The Kier molecular flexibility index (Phi) is 5.65. The highest BCUT2D eigenvalue weighted by Gasteiger charge is 2.12. The number of benzene rings is 2. The van der Waals surface area contributed by atoms with Gasteiger partial charge in [0.2, 0.25) is 0 Å². The van der Waals surface area contributed by atoms with Crippen molar-refractivity contribution in [1.82, 2.24) is 15.1 Å². The minimum Gasteiger partial charge on any atom is -0.341 e. The van der Waals surface area contributed by atoms with Gasteiger partial charge in [-0.15, -0.1) is 0 Å². The van der Waals surface area contributed by atoms with Crippen molar-refractivity contribution in [3.05, 3.63) is 70.5 Å². The lowest BCUT2D eigenvalue weighted by atomic mass is 10.2. The van der Waals surface area contributed by atoms with Crippen molar-refractivity contribution in [2.24, 2.45) is 0 Å². The van der Waals surface area contributed by atoms with Crippen LogP contribution in [-0.2, 0) is 0 Å². The highest BCUT2D eigenvalue weighted by Crippen LogP contribution is 2.23. The summed E-state index contributed by atoms with van der Waals surface area (Å²) in [7, 11) is 1.53. The molecule has 0 radical (unpaired) electrons. The van der Waals surface area contributed by atoms with Gasteiger partial charge < -0.3 is 16.0 Å². The zero-order valence-corrected chi connectivity index (χ0v) is 16.5. The van der Waals surface area contributed by atoms with Crippen molar-refractivity contribution in [3.8, 4) is 5.69 Å². The van der Waals surface area contributed by atoms with E-state index in [0.29, 0.717) is 22.0 Å². The van der Waals surface area contributed by atoms with E-state index in [0.717, 1.165) is 17.1 Å². The van der Waals surface area contributed by atoms with E-state index in [1.165, 1.54) is 7.05 Å². The number of carbonyl (C=O) groups excluding carboxylic acids is 2. The number of aryl methyl sites for hydroxylation is 1. The molecule has 0 fully saturated rings. The topological polar surface area (TPSA) is 88.0 Å². The van der Waals surface area contributed by atoms with E-state index in [2.05, 4.69) is 21.0 Å². The average Bonchev–Trinajstić information content (AvgIpc) is 2.95. The monoisotopic (exact) mass is 397 g/mol. The molecule has 0 aliphatic rings. The summed E-state index contributed by atoms with van der Waals surface area (Å²) in [5.74, 6) is -0.255. The van der Waals surface area contributed by atoms with Crippen LogP contribution in [0.2, 0.25) is 5.02 Å². The second kappa shape index (κ2) is 8.14. The Labute approximate surface area is 167 Å². The van der Waals surface area contributed by atoms with Crippen LogP contribution in [0.5, 0.6) is 0 Å². The van der Waals surface area contributed by atoms with Gasteiger partial charge in [0, 0.05) is 24.0 Å². The molecule has 3 amide bonds. The number of nitrogens with zero attached hydrogens (tertiary/aromatic N) is 2. The third-order valence-electron chi connectivity index (χ3n) is 4.18. The van der Waals surface area contributed by atoms with Crippen molar-refractivity contribution in [3.63, 3.8) is 0 Å². The first-order valence-electron chi connectivity index (χ1n) is 8.61. The molecule has 7 nitrogen and oxygen atoms in total. The van der Waals surface area contributed by atoms with E-state index in [1.807, 2.05) is 26.0 Å². The zero-order valence-electron chi connectivity index (χ0n) is 15.7. The normalized spacial score (nSPS) is 10.4. The molecule has 3 N–H and O–H groups in total. The van der Waals surface area contributed by atoms with E-state index < -0.39 is 0 Å². The predicted octanol–water partition coefficient (Wildman–Crippen LogP) is 4.15. The maximum atomic E-state index is 12.5. The summed E-state index contributed by atoms with van der Waals surface area (Å²) in [6.07, 6.45) is 0. The molecule has 0 atom stereocenters. The van der Waals surface area contributed by atoms with Crippen molar-refractivity contribution >= 4 is 34.9 Å². The summed E-state index contributed by atoms with van der Waals surface area (Å²) in [5.41, 5.74) is 4.08. The Bertz CT molecular complexity index is 1030. The van der Waals surface area contributed by atoms with Gasteiger partial charge in [0.1, 0.15) is 0 Å². The number of hydrogen-bond acceptors (Lipinski definition) is 3. The summed E-state index contributed by atoms with van der Waals surface area (Å²) in [6.45, 7) is 3.74. The number of rotatable bonds is 4. The highest BCUT2D eigenvalue weighted by atomic mass is 35.5. The van der Waals surface area contributed by atoms with Gasteiger partial charge in [-0.2, -0.15) is 5.10 Å². The van der Waals surface area contributed by atoms with Crippen LogP contribution in [0.15, 0.2) is 48.5 Å². The maximum absolute atomic E-state index is 12.5. The lowest BCUT2D eigenvalue weighted by Gasteiger charge is -2.09. The van der Waals surface area contributed by atoms with Crippen LogP contribution in [0, 0.1) is 13.8 Å². The van der Waals surface area contributed by atoms with Crippen molar-refractivity contribution in [2.45, 2.75) is 13.8 Å². The molecule has 0 spiro atoms. The fourth-order valence-electron chi connectivity index (χ4n) is 2.70. The van der Waals surface area contributed by atoms with Gasteiger partial charge in [0.25, 0.3) is 5.91 Å². The van der Waals surface area contributed by atoms with Crippen molar-refractivity contribution in [1.29, 1.82) is 0 Å². The van der Waals surface area contributed by atoms with E-state index in [9.17, 15) is 9.59 Å². The van der Waals surface area contributed by atoms with Gasteiger partial charge in [-0.05, 0) is 56.3 Å². The smallest absolute Gasteiger partial charge is 0.318 e.